The van der Waals surface area contributed by atoms with Gasteiger partial charge in [0.25, 0.3) is 0 Å². The number of methoxy groups -OCH3 is 1. The molecule has 3 aromatic heterocycles. The molecule has 0 aliphatic carbocycles. The van der Waals surface area contributed by atoms with Gasteiger partial charge in [0.05, 0.1) is 41.9 Å². The van der Waals surface area contributed by atoms with Gasteiger partial charge in [0.15, 0.2) is 10.8 Å². The lowest BCUT2D eigenvalue weighted by molar-refractivity contribution is -0.125. The van der Waals surface area contributed by atoms with Gasteiger partial charge in [-0.1, -0.05) is 11.3 Å². The van der Waals surface area contributed by atoms with Crippen LogP contribution in [0.3, 0.4) is 0 Å². The Morgan fingerprint density at radius 2 is 2.16 bits per heavy atom. The van der Waals surface area contributed by atoms with Gasteiger partial charge in [-0.25, -0.2) is 4.68 Å². The summed E-state index contributed by atoms with van der Waals surface area (Å²) in [6.07, 6.45) is 3.45. The fraction of sp³-hybridized carbons (Fsp3) is 0.348. The standard InChI is InChI=1S/C23H25N5O3S/c1-15-20-21(28(26-15)17-7-9-18(30-2)10-8-17)25-23(32-20)27-11-3-5-16(14-27)22(29)24-13-19-6-4-12-31-19/h4,6-10,12,16H,3,5,11,13-14H2,1-2H3,(H,24,29). The predicted molar refractivity (Wildman–Crippen MR) is 124 cm³/mol. The molecule has 0 spiro atoms. The van der Waals surface area contributed by atoms with Gasteiger partial charge >= 0.3 is 0 Å². The summed E-state index contributed by atoms with van der Waals surface area (Å²) in [5.41, 5.74) is 2.73. The van der Waals surface area contributed by atoms with Crippen molar-refractivity contribution in [1.82, 2.24) is 20.1 Å². The van der Waals surface area contributed by atoms with Crippen molar-refractivity contribution in [3.63, 3.8) is 0 Å². The van der Waals surface area contributed by atoms with Crippen molar-refractivity contribution >= 4 is 32.7 Å². The van der Waals surface area contributed by atoms with E-state index in [2.05, 4.69) is 15.3 Å². The molecule has 1 N–H and O–H groups in total. The zero-order chi connectivity index (χ0) is 22.1. The molecule has 32 heavy (non-hydrogen) atoms. The van der Waals surface area contributed by atoms with Gasteiger partial charge in [0.1, 0.15) is 11.5 Å². The van der Waals surface area contributed by atoms with Gasteiger partial charge < -0.3 is 19.4 Å². The molecule has 4 heterocycles. The third-order valence-corrected chi connectivity index (χ3v) is 6.99. The number of nitrogens with zero attached hydrogens (tertiary/aromatic N) is 4. The number of benzene rings is 1. The Bertz CT molecular complexity index is 1210. The molecule has 4 aromatic rings. The van der Waals surface area contributed by atoms with Gasteiger partial charge in [0, 0.05) is 13.1 Å². The number of aromatic nitrogens is 3. The Hall–Kier alpha value is -3.33. The van der Waals surface area contributed by atoms with E-state index in [1.54, 1.807) is 24.7 Å². The summed E-state index contributed by atoms with van der Waals surface area (Å²) in [5, 5.41) is 8.62. The van der Waals surface area contributed by atoms with Crippen molar-refractivity contribution in [3.05, 3.63) is 54.1 Å². The van der Waals surface area contributed by atoms with E-state index in [4.69, 9.17) is 14.1 Å². The highest BCUT2D eigenvalue weighted by Crippen LogP contribution is 2.34. The number of ether oxygens (including phenoxy) is 1. The Balaban J connectivity index is 1.34. The zero-order valence-corrected chi connectivity index (χ0v) is 18.9. The van der Waals surface area contributed by atoms with Crippen molar-refractivity contribution in [1.29, 1.82) is 0 Å². The molecule has 8 nitrogen and oxygen atoms in total. The number of thiazole rings is 1. The molecule has 1 aromatic carbocycles. The molecule has 0 bridgehead atoms. The fourth-order valence-corrected chi connectivity index (χ4v) is 5.08. The molecule has 0 saturated carbocycles. The summed E-state index contributed by atoms with van der Waals surface area (Å²) in [4.78, 5) is 19.9. The smallest absolute Gasteiger partial charge is 0.225 e. The number of piperidine rings is 1. The topological polar surface area (TPSA) is 85.4 Å². The highest BCUT2D eigenvalue weighted by Gasteiger charge is 2.28. The van der Waals surface area contributed by atoms with E-state index in [1.807, 2.05) is 48.0 Å². The van der Waals surface area contributed by atoms with Crippen LogP contribution in [0, 0.1) is 12.8 Å². The van der Waals surface area contributed by atoms with Crippen LogP contribution in [0.15, 0.2) is 47.1 Å². The average molecular weight is 452 g/mol. The first-order chi connectivity index (χ1) is 15.6. The predicted octanol–water partition coefficient (Wildman–Crippen LogP) is 3.92. The van der Waals surface area contributed by atoms with Gasteiger partial charge in [0.2, 0.25) is 5.91 Å². The second-order valence-corrected chi connectivity index (χ2v) is 8.90. The van der Waals surface area contributed by atoms with Crippen molar-refractivity contribution in [3.8, 4) is 11.4 Å². The summed E-state index contributed by atoms with van der Waals surface area (Å²) < 4.78 is 13.5. The largest absolute Gasteiger partial charge is 0.497 e. The number of carbonyl (C=O) groups is 1. The molecule has 5 rings (SSSR count). The maximum Gasteiger partial charge on any atom is 0.225 e. The molecule has 1 amide bonds. The van der Waals surface area contributed by atoms with Crippen LogP contribution in [0.5, 0.6) is 5.75 Å². The molecule has 1 aliphatic rings. The van der Waals surface area contributed by atoms with E-state index < -0.39 is 0 Å². The number of fused-ring (bicyclic) bond motifs is 1. The molecule has 1 fully saturated rings. The summed E-state index contributed by atoms with van der Waals surface area (Å²) >= 11 is 1.64. The highest BCUT2D eigenvalue weighted by atomic mass is 32.1. The minimum absolute atomic E-state index is 0.0628. The maximum atomic E-state index is 12.7. The first kappa shape index (κ1) is 20.6. The number of hydrogen-bond donors (Lipinski definition) is 1. The van der Waals surface area contributed by atoms with Crippen LogP contribution in [0.4, 0.5) is 5.13 Å². The number of aryl methyl sites for hydroxylation is 1. The molecule has 166 valence electrons. The number of rotatable bonds is 6. The van der Waals surface area contributed by atoms with Crippen molar-refractivity contribution < 1.29 is 13.9 Å². The van der Waals surface area contributed by atoms with Crippen LogP contribution in [0.1, 0.15) is 24.3 Å². The van der Waals surface area contributed by atoms with E-state index in [0.717, 1.165) is 57.8 Å². The Morgan fingerprint density at radius 1 is 1.31 bits per heavy atom. The molecule has 0 radical (unpaired) electrons. The number of anilines is 1. The van der Waals surface area contributed by atoms with E-state index in [-0.39, 0.29) is 11.8 Å². The Morgan fingerprint density at radius 3 is 2.91 bits per heavy atom. The quantitative estimate of drug-likeness (QED) is 0.478. The van der Waals surface area contributed by atoms with E-state index >= 15 is 0 Å². The molecule has 1 unspecified atom stereocenters. The van der Waals surface area contributed by atoms with E-state index in [9.17, 15) is 4.79 Å². The fourth-order valence-electron chi connectivity index (χ4n) is 4.06. The van der Waals surface area contributed by atoms with Crippen LogP contribution in [-0.2, 0) is 11.3 Å². The molecule has 9 heteroatoms. The average Bonchev–Trinajstić information content (AvgIpc) is 3.56. The Kier molecular flexibility index (Phi) is 5.57. The summed E-state index contributed by atoms with van der Waals surface area (Å²) in [6, 6.07) is 11.5. The monoisotopic (exact) mass is 451 g/mol. The van der Waals surface area contributed by atoms with Gasteiger partial charge in [-0.2, -0.15) is 10.1 Å². The second kappa shape index (κ2) is 8.66. The first-order valence-electron chi connectivity index (χ1n) is 10.7. The van der Waals surface area contributed by atoms with E-state index in [0.29, 0.717) is 13.1 Å². The normalized spacial score (nSPS) is 16.4. The van der Waals surface area contributed by atoms with Gasteiger partial charge in [-0.15, -0.1) is 0 Å². The summed E-state index contributed by atoms with van der Waals surface area (Å²) in [5.74, 6) is 1.56. The number of amides is 1. The minimum atomic E-state index is -0.0649. The second-order valence-electron chi connectivity index (χ2n) is 7.93. The van der Waals surface area contributed by atoms with Crippen LogP contribution in [0.25, 0.3) is 16.0 Å². The van der Waals surface area contributed by atoms with Crippen molar-refractivity contribution in [2.45, 2.75) is 26.3 Å². The van der Waals surface area contributed by atoms with Gasteiger partial charge in [-0.3, -0.25) is 4.79 Å². The number of carbonyl (C=O) groups excluding carboxylic acids is 1. The maximum absolute atomic E-state index is 12.7. The first-order valence-corrected chi connectivity index (χ1v) is 11.5. The molecule has 1 saturated heterocycles. The van der Waals surface area contributed by atoms with Crippen LogP contribution < -0.4 is 15.0 Å². The SMILES string of the molecule is COc1ccc(-n2nc(C)c3sc(N4CCCC(C(=O)NCc5ccco5)C4)nc32)cc1. The minimum Gasteiger partial charge on any atom is -0.497 e. The molecular weight excluding hydrogens is 426 g/mol. The summed E-state index contributed by atoms with van der Waals surface area (Å²) in [6.45, 7) is 3.98. The van der Waals surface area contributed by atoms with Crippen molar-refractivity contribution in [2.24, 2.45) is 5.92 Å². The van der Waals surface area contributed by atoms with Crippen LogP contribution >= 0.6 is 11.3 Å². The zero-order valence-electron chi connectivity index (χ0n) is 18.1. The third-order valence-electron chi connectivity index (χ3n) is 5.77. The van der Waals surface area contributed by atoms with Crippen molar-refractivity contribution in [2.75, 3.05) is 25.1 Å². The lowest BCUT2D eigenvalue weighted by Crippen LogP contribution is -2.42. The van der Waals surface area contributed by atoms with E-state index in [1.165, 1.54) is 0 Å². The molecular formula is C23H25N5O3S. The lowest BCUT2D eigenvalue weighted by Gasteiger charge is -2.31. The molecule has 1 atom stereocenters. The summed E-state index contributed by atoms with van der Waals surface area (Å²) in [7, 11) is 1.65. The number of hydrogen-bond acceptors (Lipinski definition) is 7. The molecule has 1 aliphatic heterocycles. The van der Waals surface area contributed by atoms with Crippen LogP contribution in [0.2, 0.25) is 0 Å². The third kappa shape index (κ3) is 3.95. The van der Waals surface area contributed by atoms with Crippen LogP contribution in [-0.4, -0.2) is 40.9 Å². The Labute approximate surface area is 189 Å². The highest BCUT2D eigenvalue weighted by molar-refractivity contribution is 7.22. The lowest BCUT2D eigenvalue weighted by atomic mass is 9.97. The van der Waals surface area contributed by atoms with Gasteiger partial charge in [-0.05, 0) is 56.2 Å². The number of furan rings is 1. The number of nitrogens with one attached hydrogen (secondary N) is 1.